The van der Waals surface area contributed by atoms with Crippen molar-refractivity contribution in [3.05, 3.63) is 47.5 Å². The molecule has 24 heavy (non-hydrogen) atoms. The summed E-state index contributed by atoms with van der Waals surface area (Å²) < 4.78 is 2.34. The molecule has 1 aliphatic heterocycles. The second-order valence-electron chi connectivity index (χ2n) is 6.05. The van der Waals surface area contributed by atoms with E-state index in [-0.39, 0.29) is 6.47 Å². The van der Waals surface area contributed by atoms with E-state index in [1.165, 1.54) is 18.4 Å². The number of carboxylic acid groups (broad SMARTS) is 1. The molecule has 2 aromatic rings. The predicted octanol–water partition coefficient (Wildman–Crippen LogP) is 2.55. The van der Waals surface area contributed by atoms with E-state index >= 15 is 0 Å². The predicted molar refractivity (Wildman–Crippen MR) is 92.8 cm³/mol. The monoisotopic (exact) mass is 330 g/mol. The molecule has 0 fully saturated rings. The van der Waals surface area contributed by atoms with Crippen LogP contribution < -0.4 is 0 Å². The zero-order chi connectivity index (χ0) is 17.4. The molecule has 0 bridgehead atoms. The lowest BCUT2D eigenvalue weighted by Crippen LogP contribution is -2.20. The van der Waals surface area contributed by atoms with Crippen molar-refractivity contribution in [3.8, 4) is 0 Å². The lowest BCUT2D eigenvalue weighted by Gasteiger charge is -2.16. The third-order valence-electron chi connectivity index (χ3n) is 4.54. The lowest BCUT2D eigenvalue weighted by atomic mass is 9.92. The van der Waals surface area contributed by atoms with Gasteiger partial charge in [0.15, 0.2) is 0 Å². The van der Waals surface area contributed by atoms with E-state index in [2.05, 4.69) is 64.0 Å². The Kier molecular flexibility index (Phi) is 6.93. The molecule has 0 radical (unpaired) electrons. The summed E-state index contributed by atoms with van der Waals surface area (Å²) >= 11 is 0. The van der Waals surface area contributed by atoms with E-state index in [1.807, 2.05) is 0 Å². The van der Waals surface area contributed by atoms with Crippen LogP contribution in [0.5, 0.6) is 0 Å². The summed E-state index contributed by atoms with van der Waals surface area (Å²) in [6, 6.07) is 10.9. The fourth-order valence-corrected chi connectivity index (χ4v) is 3.08. The molecule has 0 amide bonds. The van der Waals surface area contributed by atoms with Gasteiger partial charge in [0.05, 0.1) is 6.54 Å². The number of fused-ring (bicyclic) bond motifs is 1. The standard InChI is InChI=1S/C17H24N4.CH2O2/c1-3-20(2)13-17-19-18-16-10-9-15(11-12-21(16)17)14-7-5-4-6-8-14;2-1-3/h4-8,15H,3,9-13H2,1-2H3;1H,(H,2,3). The van der Waals surface area contributed by atoms with Gasteiger partial charge in [-0.2, -0.15) is 0 Å². The minimum Gasteiger partial charge on any atom is -0.483 e. The smallest absolute Gasteiger partial charge is 0.290 e. The van der Waals surface area contributed by atoms with Crippen molar-refractivity contribution < 1.29 is 9.90 Å². The number of aromatic nitrogens is 3. The van der Waals surface area contributed by atoms with Crippen LogP contribution in [0, 0.1) is 0 Å². The molecule has 1 atom stereocenters. The third kappa shape index (κ3) is 4.64. The number of aryl methyl sites for hydroxylation is 1. The van der Waals surface area contributed by atoms with E-state index in [4.69, 9.17) is 9.90 Å². The summed E-state index contributed by atoms with van der Waals surface area (Å²) in [7, 11) is 2.13. The largest absolute Gasteiger partial charge is 0.483 e. The van der Waals surface area contributed by atoms with Gasteiger partial charge >= 0.3 is 0 Å². The molecule has 1 aliphatic rings. The van der Waals surface area contributed by atoms with Crippen LogP contribution in [0.1, 0.15) is 42.9 Å². The third-order valence-corrected chi connectivity index (χ3v) is 4.54. The Labute approximate surface area is 143 Å². The van der Waals surface area contributed by atoms with Crippen molar-refractivity contribution in [2.45, 2.75) is 45.2 Å². The highest BCUT2D eigenvalue weighted by Gasteiger charge is 2.21. The lowest BCUT2D eigenvalue weighted by molar-refractivity contribution is -0.122. The summed E-state index contributed by atoms with van der Waals surface area (Å²) in [4.78, 5) is 10.6. The average Bonchev–Trinajstić information content (AvgIpc) is 2.85. The fraction of sp³-hybridized carbons (Fsp3) is 0.500. The Hall–Kier alpha value is -2.21. The zero-order valence-corrected chi connectivity index (χ0v) is 14.4. The molecule has 6 heteroatoms. The maximum absolute atomic E-state index is 8.36. The normalized spacial score (nSPS) is 16.7. The van der Waals surface area contributed by atoms with E-state index in [0.29, 0.717) is 5.92 Å². The Morgan fingerprint density at radius 2 is 2.00 bits per heavy atom. The molecule has 6 nitrogen and oxygen atoms in total. The number of carbonyl (C=O) groups is 1. The highest BCUT2D eigenvalue weighted by Crippen LogP contribution is 2.29. The van der Waals surface area contributed by atoms with Crippen molar-refractivity contribution in [1.29, 1.82) is 0 Å². The Bertz CT molecular complexity index is 627. The fourth-order valence-electron chi connectivity index (χ4n) is 3.08. The average molecular weight is 330 g/mol. The van der Waals surface area contributed by atoms with Gasteiger partial charge in [0, 0.05) is 13.0 Å². The van der Waals surface area contributed by atoms with Crippen molar-refractivity contribution in [2.24, 2.45) is 0 Å². The quantitative estimate of drug-likeness (QED) is 0.872. The van der Waals surface area contributed by atoms with Crippen LogP contribution in [-0.2, 0) is 24.3 Å². The summed E-state index contributed by atoms with van der Waals surface area (Å²) in [5, 5.41) is 15.7. The second kappa shape index (κ2) is 9.17. The molecule has 3 rings (SSSR count). The summed E-state index contributed by atoms with van der Waals surface area (Å²) in [5.74, 6) is 2.92. The Balaban J connectivity index is 0.000000647. The first kappa shape index (κ1) is 18.1. The SMILES string of the molecule is CCN(C)Cc1nnc2n1CCC(c1ccccc1)CC2.O=CO. The van der Waals surface area contributed by atoms with Gasteiger partial charge in [0.1, 0.15) is 11.6 Å². The van der Waals surface area contributed by atoms with Crippen LogP contribution >= 0.6 is 0 Å². The molecular formula is C18H26N4O2. The van der Waals surface area contributed by atoms with E-state index in [0.717, 1.165) is 37.7 Å². The van der Waals surface area contributed by atoms with Crippen molar-refractivity contribution in [2.75, 3.05) is 13.6 Å². The van der Waals surface area contributed by atoms with Crippen LogP contribution in [0.3, 0.4) is 0 Å². The van der Waals surface area contributed by atoms with Crippen LogP contribution in [-0.4, -0.2) is 44.8 Å². The van der Waals surface area contributed by atoms with Crippen LogP contribution in [0.25, 0.3) is 0 Å². The van der Waals surface area contributed by atoms with Gasteiger partial charge in [-0.05, 0) is 37.9 Å². The minimum absolute atomic E-state index is 0.250. The molecule has 0 aliphatic carbocycles. The molecule has 0 spiro atoms. The second-order valence-corrected chi connectivity index (χ2v) is 6.05. The van der Waals surface area contributed by atoms with Gasteiger partial charge in [-0.1, -0.05) is 37.3 Å². The van der Waals surface area contributed by atoms with Gasteiger partial charge in [-0.15, -0.1) is 10.2 Å². The molecule has 1 N–H and O–H groups in total. The minimum atomic E-state index is -0.250. The topological polar surface area (TPSA) is 71.2 Å². The number of hydrogen-bond donors (Lipinski definition) is 1. The summed E-state index contributed by atoms with van der Waals surface area (Å²) in [6.45, 7) is 4.88. The number of benzene rings is 1. The van der Waals surface area contributed by atoms with Crippen LogP contribution in [0.4, 0.5) is 0 Å². The molecule has 1 aromatic heterocycles. The van der Waals surface area contributed by atoms with Gasteiger partial charge in [-0.3, -0.25) is 9.69 Å². The van der Waals surface area contributed by atoms with E-state index in [1.54, 1.807) is 0 Å². The van der Waals surface area contributed by atoms with Crippen molar-refractivity contribution in [3.63, 3.8) is 0 Å². The highest BCUT2D eigenvalue weighted by atomic mass is 16.3. The van der Waals surface area contributed by atoms with E-state index < -0.39 is 0 Å². The summed E-state index contributed by atoms with van der Waals surface area (Å²) in [6.07, 6.45) is 3.38. The first-order valence-electron chi connectivity index (χ1n) is 8.41. The highest BCUT2D eigenvalue weighted by molar-refractivity contribution is 5.32. The van der Waals surface area contributed by atoms with E-state index in [9.17, 15) is 0 Å². The van der Waals surface area contributed by atoms with Gasteiger partial charge in [-0.25, -0.2) is 0 Å². The van der Waals surface area contributed by atoms with Crippen molar-refractivity contribution in [1.82, 2.24) is 19.7 Å². The molecule has 1 unspecified atom stereocenters. The summed E-state index contributed by atoms with van der Waals surface area (Å²) in [5.41, 5.74) is 1.46. The zero-order valence-electron chi connectivity index (χ0n) is 14.4. The molecule has 0 saturated carbocycles. The maximum Gasteiger partial charge on any atom is 0.290 e. The number of hydrogen-bond acceptors (Lipinski definition) is 4. The van der Waals surface area contributed by atoms with Crippen LogP contribution in [0.15, 0.2) is 30.3 Å². The van der Waals surface area contributed by atoms with Crippen LogP contribution in [0.2, 0.25) is 0 Å². The molecule has 1 aromatic carbocycles. The Morgan fingerprint density at radius 3 is 2.67 bits per heavy atom. The Morgan fingerprint density at radius 1 is 1.29 bits per heavy atom. The molecule has 130 valence electrons. The molecule has 2 heterocycles. The van der Waals surface area contributed by atoms with Gasteiger partial charge in [0.25, 0.3) is 6.47 Å². The van der Waals surface area contributed by atoms with Gasteiger partial charge < -0.3 is 9.67 Å². The number of nitrogens with zero attached hydrogens (tertiary/aromatic N) is 4. The molecular weight excluding hydrogens is 304 g/mol. The number of rotatable bonds is 4. The van der Waals surface area contributed by atoms with Gasteiger partial charge in [0.2, 0.25) is 0 Å². The maximum atomic E-state index is 8.36. The van der Waals surface area contributed by atoms with Crippen molar-refractivity contribution >= 4 is 6.47 Å². The first-order chi connectivity index (χ1) is 11.7. The first-order valence-corrected chi connectivity index (χ1v) is 8.41. The molecule has 0 saturated heterocycles.